The first kappa shape index (κ1) is 17.4. The van der Waals surface area contributed by atoms with E-state index < -0.39 is 15.8 Å². The summed E-state index contributed by atoms with van der Waals surface area (Å²) < 4.78 is 39.7. The van der Waals surface area contributed by atoms with Gasteiger partial charge in [0, 0.05) is 6.54 Å². The van der Waals surface area contributed by atoms with Gasteiger partial charge in [-0.2, -0.15) is 0 Å². The van der Waals surface area contributed by atoms with Gasteiger partial charge in [0.2, 0.25) is 10.0 Å². The van der Waals surface area contributed by atoms with Crippen molar-refractivity contribution in [1.82, 2.24) is 10.0 Å². The predicted molar refractivity (Wildman–Crippen MR) is 79.2 cm³/mol. The Morgan fingerprint density at radius 2 is 2.20 bits per heavy atom. The number of sulfonamides is 1. The monoisotopic (exact) mass is 322 g/mol. The zero-order valence-electron chi connectivity index (χ0n) is 11.4. The van der Waals surface area contributed by atoms with E-state index in [1.807, 2.05) is 0 Å². The van der Waals surface area contributed by atoms with Crippen LogP contribution < -0.4 is 10.0 Å². The lowest BCUT2D eigenvalue weighted by molar-refractivity contribution is 0.519. The second kappa shape index (κ2) is 7.36. The van der Waals surface area contributed by atoms with Crippen LogP contribution in [0.2, 0.25) is 0 Å². The minimum absolute atomic E-state index is 0. The quantitative estimate of drug-likeness (QED) is 0.869. The van der Waals surface area contributed by atoms with Crippen LogP contribution in [0.1, 0.15) is 18.4 Å². The van der Waals surface area contributed by atoms with Gasteiger partial charge >= 0.3 is 0 Å². The number of aryl methyl sites for hydroxylation is 1. The molecule has 1 aromatic rings. The molecule has 1 unspecified atom stereocenters. The predicted octanol–water partition coefficient (Wildman–Crippen LogP) is 1.83. The molecule has 2 rings (SSSR count). The van der Waals surface area contributed by atoms with Crippen LogP contribution in [0.15, 0.2) is 23.1 Å². The lowest BCUT2D eigenvalue weighted by atomic mass is 10.1. The van der Waals surface area contributed by atoms with Gasteiger partial charge in [0.15, 0.2) is 0 Å². The highest BCUT2D eigenvalue weighted by Gasteiger charge is 2.19. The Morgan fingerprint density at radius 3 is 2.80 bits per heavy atom. The molecule has 1 heterocycles. The molecule has 0 spiro atoms. The van der Waals surface area contributed by atoms with E-state index >= 15 is 0 Å². The van der Waals surface area contributed by atoms with E-state index in [1.165, 1.54) is 18.2 Å². The Labute approximate surface area is 125 Å². The second-order valence-electron chi connectivity index (χ2n) is 4.96. The Hall–Kier alpha value is -0.690. The molecule has 0 amide bonds. The molecular formula is C13H20ClFN2O2S. The highest BCUT2D eigenvalue weighted by atomic mass is 35.5. The van der Waals surface area contributed by atoms with Gasteiger partial charge in [0.05, 0.1) is 4.90 Å². The van der Waals surface area contributed by atoms with Gasteiger partial charge in [-0.25, -0.2) is 17.5 Å². The molecule has 114 valence electrons. The first-order valence-corrected chi connectivity index (χ1v) is 7.94. The lowest BCUT2D eigenvalue weighted by Gasteiger charge is -2.11. The summed E-state index contributed by atoms with van der Waals surface area (Å²) in [5.74, 6) is 0.116. The fraction of sp³-hybridized carbons (Fsp3) is 0.538. The van der Waals surface area contributed by atoms with Gasteiger partial charge in [0.25, 0.3) is 0 Å². The fourth-order valence-electron chi connectivity index (χ4n) is 2.35. The zero-order valence-corrected chi connectivity index (χ0v) is 13.0. The summed E-state index contributed by atoms with van der Waals surface area (Å²) in [4.78, 5) is 0.151. The van der Waals surface area contributed by atoms with Crippen molar-refractivity contribution in [2.75, 3.05) is 19.6 Å². The van der Waals surface area contributed by atoms with Gasteiger partial charge in [-0.05, 0) is 62.5 Å². The number of nitrogens with one attached hydrogen (secondary N) is 2. The van der Waals surface area contributed by atoms with Crippen LogP contribution in [-0.2, 0) is 10.0 Å². The van der Waals surface area contributed by atoms with Gasteiger partial charge < -0.3 is 5.32 Å². The Morgan fingerprint density at radius 1 is 1.45 bits per heavy atom. The highest BCUT2D eigenvalue weighted by molar-refractivity contribution is 7.89. The first-order chi connectivity index (χ1) is 8.99. The third kappa shape index (κ3) is 4.41. The summed E-state index contributed by atoms with van der Waals surface area (Å²) in [5, 5.41) is 3.25. The molecule has 1 saturated heterocycles. The van der Waals surface area contributed by atoms with Crippen LogP contribution in [-0.4, -0.2) is 28.1 Å². The van der Waals surface area contributed by atoms with E-state index in [9.17, 15) is 12.8 Å². The summed E-state index contributed by atoms with van der Waals surface area (Å²) in [7, 11) is -3.54. The molecule has 1 aromatic carbocycles. The summed E-state index contributed by atoms with van der Waals surface area (Å²) in [6, 6.07) is 3.71. The van der Waals surface area contributed by atoms with Crippen molar-refractivity contribution in [1.29, 1.82) is 0 Å². The Bertz CT molecular complexity index is 545. The molecule has 0 saturated carbocycles. The number of rotatable bonds is 5. The normalized spacial score (nSPS) is 18.8. The summed E-state index contributed by atoms with van der Waals surface area (Å²) >= 11 is 0. The van der Waals surface area contributed by atoms with Crippen molar-refractivity contribution in [3.8, 4) is 0 Å². The maximum Gasteiger partial charge on any atom is 0.240 e. The summed E-state index contributed by atoms with van der Waals surface area (Å²) in [5.41, 5.74) is 0.426. The maximum absolute atomic E-state index is 13.0. The van der Waals surface area contributed by atoms with Gasteiger partial charge in [0.1, 0.15) is 5.82 Å². The lowest BCUT2D eigenvalue weighted by Crippen LogP contribution is -2.27. The van der Waals surface area contributed by atoms with Gasteiger partial charge in [-0.3, -0.25) is 0 Å². The molecule has 20 heavy (non-hydrogen) atoms. The van der Waals surface area contributed by atoms with Crippen LogP contribution >= 0.6 is 12.4 Å². The number of halogens is 2. The van der Waals surface area contributed by atoms with Gasteiger partial charge in [-0.1, -0.05) is 0 Å². The summed E-state index contributed by atoms with van der Waals surface area (Å²) in [6.45, 7) is 3.98. The third-order valence-corrected chi connectivity index (χ3v) is 5.05. The van der Waals surface area contributed by atoms with E-state index in [-0.39, 0.29) is 17.3 Å². The van der Waals surface area contributed by atoms with E-state index in [0.717, 1.165) is 25.9 Å². The molecule has 4 nitrogen and oxygen atoms in total. The van der Waals surface area contributed by atoms with Crippen LogP contribution in [0.25, 0.3) is 0 Å². The molecule has 1 aliphatic rings. The Kier molecular flexibility index (Phi) is 6.39. The minimum atomic E-state index is -3.54. The largest absolute Gasteiger partial charge is 0.316 e. The SMILES string of the molecule is Cc1cc(F)ccc1S(=O)(=O)NCCC1CCNC1.Cl. The molecule has 0 aromatic heterocycles. The van der Waals surface area contributed by atoms with E-state index in [2.05, 4.69) is 10.0 Å². The maximum atomic E-state index is 13.0. The number of hydrogen-bond acceptors (Lipinski definition) is 3. The van der Waals surface area contributed by atoms with Crippen molar-refractivity contribution >= 4 is 22.4 Å². The van der Waals surface area contributed by atoms with Gasteiger partial charge in [-0.15, -0.1) is 12.4 Å². The second-order valence-corrected chi connectivity index (χ2v) is 6.69. The average Bonchev–Trinajstić information content (AvgIpc) is 2.81. The molecular weight excluding hydrogens is 303 g/mol. The average molecular weight is 323 g/mol. The molecule has 0 radical (unpaired) electrons. The van der Waals surface area contributed by atoms with E-state index in [4.69, 9.17) is 0 Å². The Balaban J connectivity index is 0.00000200. The van der Waals surface area contributed by atoms with Crippen LogP contribution in [0.3, 0.4) is 0 Å². The van der Waals surface area contributed by atoms with E-state index in [0.29, 0.717) is 18.0 Å². The zero-order chi connectivity index (χ0) is 13.9. The molecule has 1 fully saturated rings. The van der Waals surface area contributed by atoms with Crippen LogP contribution in [0.4, 0.5) is 4.39 Å². The topological polar surface area (TPSA) is 58.2 Å². The van der Waals surface area contributed by atoms with E-state index in [1.54, 1.807) is 6.92 Å². The minimum Gasteiger partial charge on any atom is -0.316 e. The van der Waals surface area contributed by atoms with Crippen molar-refractivity contribution in [2.24, 2.45) is 5.92 Å². The van der Waals surface area contributed by atoms with Crippen LogP contribution in [0.5, 0.6) is 0 Å². The standard InChI is InChI=1S/C13H19FN2O2S.ClH/c1-10-8-12(14)2-3-13(10)19(17,18)16-7-5-11-4-6-15-9-11;/h2-3,8,11,15-16H,4-7,9H2,1H3;1H. The molecule has 7 heteroatoms. The molecule has 0 bridgehead atoms. The third-order valence-electron chi connectivity index (χ3n) is 3.43. The van der Waals surface area contributed by atoms with Crippen molar-refractivity contribution in [2.45, 2.75) is 24.7 Å². The van der Waals surface area contributed by atoms with Crippen molar-refractivity contribution in [3.63, 3.8) is 0 Å². The molecule has 1 atom stereocenters. The fourth-order valence-corrected chi connectivity index (χ4v) is 3.62. The smallest absolute Gasteiger partial charge is 0.240 e. The molecule has 2 N–H and O–H groups in total. The highest BCUT2D eigenvalue weighted by Crippen LogP contribution is 2.17. The summed E-state index contributed by atoms with van der Waals surface area (Å²) in [6.07, 6.45) is 1.92. The van der Waals surface area contributed by atoms with Crippen molar-refractivity contribution < 1.29 is 12.8 Å². The number of hydrogen-bond donors (Lipinski definition) is 2. The molecule has 0 aliphatic carbocycles. The first-order valence-electron chi connectivity index (χ1n) is 6.45. The number of benzene rings is 1. The van der Waals surface area contributed by atoms with Crippen molar-refractivity contribution in [3.05, 3.63) is 29.6 Å². The molecule has 1 aliphatic heterocycles. The van der Waals surface area contributed by atoms with Crippen LogP contribution in [0, 0.1) is 18.7 Å².